The first kappa shape index (κ1) is 13.9. The maximum absolute atomic E-state index is 11.6. The van der Waals surface area contributed by atoms with Crippen molar-refractivity contribution in [2.75, 3.05) is 13.2 Å². The first-order valence-corrected chi connectivity index (χ1v) is 6.77. The van der Waals surface area contributed by atoms with E-state index in [1.54, 1.807) is 0 Å². The fourth-order valence-corrected chi connectivity index (χ4v) is 2.33. The van der Waals surface area contributed by atoms with Gasteiger partial charge in [0.15, 0.2) is 6.61 Å². The van der Waals surface area contributed by atoms with Crippen LogP contribution in [0.4, 0.5) is 0 Å². The number of aryl methyl sites for hydroxylation is 1. The molecule has 1 amide bonds. The molecular weight excluding hydrogens is 242 g/mol. The predicted molar refractivity (Wildman–Crippen MR) is 73.0 cm³/mol. The molecule has 1 saturated carbocycles. The van der Waals surface area contributed by atoms with Crippen molar-refractivity contribution in [3.8, 4) is 5.75 Å². The van der Waals surface area contributed by atoms with Crippen LogP contribution in [0.1, 0.15) is 24.8 Å². The molecule has 0 bridgehead atoms. The molecule has 2 atom stereocenters. The third-order valence-corrected chi connectivity index (χ3v) is 3.49. The topological polar surface area (TPSA) is 58.6 Å². The summed E-state index contributed by atoms with van der Waals surface area (Å²) in [4.78, 5) is 11.6. The van der Waals surface area contributed by atoms with Crippen molar-refractivity contribution >= 4 is 5.91 Å². The number of carbonyl (C=O) groups excluding carboxylic acids is 1. The number of hydrogen-bond acceptors (Lipinski definition) is 3. The maximum atomic E-state index is 11.6. The number of nitrogens with one attached hydrogen (secondary N) is 1. The quantitative estimate of drug-likeness (QED) is 0.849. The Morgan fingerprint density at radius 3 is 2.74 bits per heavy atom. The third-order valence-electron chi connectivity index (χ3n) is 3.49. The average Bonchev–Trinajstić information content (AvgIpc) is 2.81. The lowest BCUT2D eigenvalue weighted by atomic mass is 10.1. The minimum absolute atomic E-state index is 0.0400. The highest BCUT2D eigenvalue weighted by molar-refractivity contribution is 5.77. The van der Waals surface area contributed by atoms with E-state index in [1.165, 1.54) is 0 Å². The van der Waals surface area contributed by atoms with Gasteiger partial charge in [-0.05, 0) is 44.2 Å². The molecule has 1 aliphatic carbocycles. The normalized spacial score (nSPS) is 22.2. The van der Waals surface area contributed by atoms with Gasteiger partial charge in [-0.25, -0.2) is 0 Å². The lowest BCUT2D eigenvalue weighted by Crippen LogP contribution is -2.32. The van der Waals surface area contributed by atoms with E-state index in [2.05, 4.69) is 5.32 Å². The van der Waals surface area contributed by atoms with E-state index >= 15 is 0 Å². The average molecular weight is 263 g/mol. The van der Waals surface area contributed by atoms with Gasteiger partial charge < -0.3 is 15.2 Å². The number of ether oxygens (including phenoxy) is 1. The zero-order valence-electron chi connectivity index (χ0n) is 11.3. The molecule has 4 nitrogen and oxygen atoms in total. The molecule has 0 spiro atoms. The second-order valence-electron chi connectivity index (χ2n) is 5.24. The molecule has 0 heterocycles. The number of aliphatic hydroxyl groups excluding tert-OH is 1. The van der Waals surface area contributed by atoms with Gasteiger partial charge in [-0.1, -0.05) is 17.7 Å². The monoisotopic (exact) mass is 263 g/mol. The van der Waals surface area contributed by atoms with Gasteiger partial charge in [-0.15, -0.1) is 0 Å². The van der Waals surface area contributed by atoms with Crippen LogP contribution in [0.25, 0.3) is 0 Å². The second kappa shape index (κ2) is 6.57. The van der Waals surface area contributed by atoms with Gasteiger partial charge in [-0.2, -0.15) is 0 Å². The molecule has 4 heteroatoms. The number of benzene rings is 1. The van der Waals surface area contributed by atoms with E-state index in [0.717, 1.165) is 24.8 Å². The highest BCUT2D eigenvalue weighted by atomic mass is 16.5. The first-order chi connectivity index (χ1) is 9.13. The molecule has 0 aromatic heterocycles. The molecule has 1 aromatic rings. The Labute approximate surface area is 113 Å². The van der Waals surface area contributed by atoms with Crippen molar-refractivity contribution in [2.45, 2.75) is 32.3 Å². The molecule has 1 aromatic carbocycles. The van der Waals surface area contributed by atoms with Gasteiger partial charge in [-0.3, -0.25) is 4.79 Å². The Bertz CT molecular complexity index is 416. The van der Waals surface area contributed by atoms with Gasteiger partial charge >= 0.3 is 0 Å². The number of hydrogen-bond donors (Lipinski definition) is 2. The summed E-state index contributed by atoms with van der Waals surface area (Å²) in [6.45, 7) is 2.68. The Hall–Kier alpha value is -1.55. The molecule has 0 radical (unpaired) electrons. The summed E-state index contributed by atoms with van der Waals surface area (Å²) in [7, 11) is 0. The van der Waals surface area contributed by atoms with Crippen LogP contribution in [-0.4, -0.2) is 30.3 Å². The van der Waals surface area contributed by atoms with Crippen LogP contribution in [0.3, 0.4) is 0 Å². The number of aliphatic hydroxyl groups is 1. The molecule has 2 unspecified atom stereocenters. The second-order valence-corrected chi connectivity index (χ2v) is 5.24. The van der Waals surface area contributed by atoms with E-state index in [0.29, 0.717) is 18.2 Å². The molecular formula is C15H21NO3. The molecule has 2 N–H and O–H groups in total. The minimum atomic E-state index is -0.189. The maximum Gasteiger partial charge on any atom is 0.257 e. The molecule has 0 saturated heterocycles. The van der Waals surface area contributed by atoms with E-state index < -0.39 is 0 Å². The summed E-state index contributed by atoms with van der Waals surface area (Å²) in [5.74, 6) is 0.998. The fraction of sp³-hybridized carbons (Fsp3) is 0.533. The van der Waals surface area contributed by atoms with Gasteiger partial charge in [0.1, 0.15) is 5.75 Å². The van der Waals surface area contributed by atoms with Crippen LogP contribution < -0.4 is 10.1 Å². The largest absolute Gasteiger partial charge is 0.484 e. The lowest BCUT2D eigenvalue weighted by molar-refractivity contribution is -0.123. The summed E-state index contributed by atoms with van der Waals surface area (Å²) >= 11 is 0. The minimum Gasteiger partial charge on any atom is -0.484 e. The van der Waals surface area contributed by atoms with Gasteiger partial charge in [0.05, 0.1) is 6.10 Å². The summed E-state index contributed by atoms with van der Waals surface area (Å²) in [5.41, 5.74) is 1.16. The zero-order chi connectivity index (χ0) is 13.7. The van der Waals surface area contributed by atoms with E-state index in [1.807, 2.05) is 31.2 Å². The summed E-state index contributed by atoms with van der Waals surface area (Å²) < 4.78 is 5.40. The number of amides is 1. The first-order valence-electron chi connectivity index (χ1n) is 6.77. The Balaban J connectivity index is 1.65. The van der Waals surface area contributed by atoms with Crippen LogP contribution in [0, 0.1) is 12.8 Å². The fourth-order valence-electron chi connectivity index (χ4n) is 2.33. The van der Waals surface area contributed by atoms with Gasteiger partial charge in [0, 0.05) is 6.54 Å². The van der Waals surface area contributed by atoms with E-state index in [9.17, 15) is 9.90 Å². The van der Waals surface area contributed by atoms with Crippen LogP contribution in [0.5, 0.6) is 5.75 Å². The van der Waals surface area contributed by atoms with Crippen molar-refractivity contribution in [3.05, 3.63) is 29.8 Å². The van der Waals surface area contributed by atoms with Crippen LogP contribution in [0.15, 0.2) is 24.3 Å². The van der Waals surface area contributed by atoms with Crippen molar-refractivity contribution < 1.29 is 14.6 Å². The summed E-state index contributed by atoms with van der Waals surface area (Å²) in [6.07, 6.45) is 2.44. The molecule has 0 aliphatic heterocycles. The summed E-state index contributed by atoms with van der Waals surface area (Å²) in [5, 5.41) is 12.3. The number of rotatable bonds is 5. The Morgan fingerprint density at radius 2 is 2.11 bits per heavy atom. The van der Waals surface area contributed by atoms with Gasteiger partial charge in [0.25, 0.3) is 5.91 Å². The van der Waals surface area contributed by atoms with Gasteiger partial charge in [0.2, 0.25) is 0 Å². The Morgan fingerprint density at radius 1 is 1.37 bits per heavy atom. The van der Waals surface area contributed by atoms with Crippen molar-refractivity contribution in [2.24, 2.45) is 5.92 Å². The van der Waals surface area contributed by atoms with E-state index in [-0.39, 0.29) is 18.6 Å². The van der Waals surface area contributed by atoms with Crippen molar-refractivity contribution in [1.29, 1.82) is 0 Å². The predicted octanol–water partition coefficient (Wildman–Crippen LogP) is 1.65. The smallest absolute Gasteiger partial charge is 0.257 e. The lowest BCUT2D eigenvalue weighted by Gasteiger charge is -2.11. The Kier molecular flexibility index (Phi) is 4.80. The molecule has 19 heavy (non-hydrogen) atoms. The molecule has 1 aliphatic rings. The molecule has 104 valence electrons. The zero-order valence-corrected chi connectivity index (χ0v) is 11.3. The SMILES string of the molecule is Cc1ccc(OCC(=O)NCC2CCC(O)C2)cc1. The third kappa shape index (κ3) is 4.56. The van der Waals surface area contributed by atoms with Crippen LogP contribution in [0.2, 0.25) is 0 Å². The van der Waals surface area contributed by atoms with Crippen molar-refractivity contribution in [3.63, 3.8) is 0 Å². The number of carbonyl (C=O) groups is 1. The molecule has 2 rings (SSSR count). The highest BCUT2D eigenvalue weighted by Gasteiger charge is 2.22. The highest BCUT2D eigenvalue weighted by Crippen LogP contribution is 2.24. The van der Waals surface area contributed by atoms with Crippen LogP contribution in [-0.2, 0) is 4.79 Å². The molecule has 1 fully saturated rings. The standard InChI is InChI=1S/C15H21NO3/c1-11-2-6-14(7-3-11)19-10-15(18)16-9-12-4-5-13(17)8-12/h2-3,6-7,12-13,17H,4-5,8-10H2,1H3,(H,16,18). The summed E-state index contributed by atoms with van der Waals surface area (Å²) in [6, 6.07) is 7.62. The van der Waals surface area contributed by atoms with E-state index in [4.69, 9.17) is 4.74 Å². The van der Waals surface area contributed by atoms with Crippen LogP contribution >= 0.6 is 0 Å². The van der Waals surface area contributed by atoms with Crippen molar-refractivity contribution in [1.82, 2.24) is 5.32 Å².